The van der Waals surface area contributed by atoms with Crippen molar-refractivity contribution in [3.8, 4) is 0 Å². The fraction of sp³-hybridized carbons (Fsp3) is 0.391. The average molecular weight is 377 g/mol. The van der Waals surface area contributed by atoms with Crippen LogP contribution in [-0.2, 0) is 24.3 Å². The normalized spacial score (nSPS) is 17.7. The Balaban J connectivity index is 1.35. The second kappa shape index (κ2) is 8.57. The molecule has 2 N–H and O–H groups in total. The van der Waals surface area contributed by atoms with Gasteiger partial charge in [0.1, 0.15) is 0 Å². The molecule has 1 aliphatic heterocycles. The quantitative estimate of drug-likeness (QED) is 0.690. The van der Waals surface area contributed by atoms with Crippen molar-refractivity contribution in [3.05, 3.63) is 65.4 Å². The van der Waals surface area contributed by atoms with Crippen LogP contribution in [0.25, 0.3) is 10.9 Å². The highest BCUT2D eigenvalue weighted by molar-refractivity contribution is 5.78. The molecule has 0 unspecified atom stereocenters. The second-order valence-corrected chi connectivity index (χ2v) is 7.97. The number of carbonyl (C=O) groups excluding carboxylic acids is 1. The van der Waals surface area contributed by atoms with Gasteiger partial charge in [0.25, 0.3) is 0 Å². The standard InChI is InChI=1S/C23H28N4O/c1-17(28)24-13-19-4-2-5-20(11-19)15-27-9-3-6-21(16-27)10-18-7-8-23-22(12-18)14-25-26-23/h2,4-5,7-8,11-12,14,21H,3,6,9-10,13,15-16H2,1H3,(H,24,28)(H,25,26)/t21-/m0/s1. The molecule has 1 aliphatic rings. The lowest BCUT2D eigenvalue weighted by Crippen LogP contribution is -2.35. The molecule has 0 radical (unpaired) electrons. The molecule has 0 bridgehead atoms. The number of likely N-dealkylation sites (tertiary alicyclic amines) is 1. The van der Waals surface area contributed by atoms with Gasteiger partial charge in [0, 0.05) is 31.9 Å². The largest absolute Gasteiger partial charge is 0.352 e. The molecule has 1 atom stereocenters. The molecular formula is C23H28N4O. The van der Waals surface area contributed by atoms with E-state index in [0.29, 0.717) is 12.5 Å². The maximum Gasteiger partial charge on any atom is 0.217 e. The molecule has 0 aliphatic carbocycles. The number of aromatic amines is 1. The third-order valence-corrected chi connectivity index (χ3v) is 5.57. The Labute approximate surface area is 166 Å². The molecule has 2 aromatic carbocycles. The zero-order valence-electron chi connectivity index (χ0n) is 16.4. The summed E-state index contributed by atoms with van der Waals surface area (Å²) < 4.78 is 0. The zero-order chi connectivity index (χ0) is 19.3. The minimum absolute atomic E-state index is 0.0119. The number of carbonyl (C=O) groups is 1. The van der Waals surface area contributed by atoms with Gasteiger partial charge in [-0.05, 0) is 60.5 Å². The first kappa shape index (κ1) is 18.7. The van der Waals surface area contributed by atoms with Crippen LogP contribution in [0.1, 0.15) is 36.5 Å². The van der Waals surface area contributed by atoms with Crippen LogP contribution < -0.4 is 5.32 Å². The number of fused-ring (bicyclic) bond motifs is 1. The summed E-state index contributed by atoms with van der Waals surface area (Å²) in [6.45, 7) is 5.43. The first-order valence-corrected chi connectivity index (χ1v) is 10.1. The van der Waals surface area contributed by atoms with Crippen molar-refractivity contribution in [2.45, 2.75) is 39.3 Å². The summed E-state index contributed by atoms with van der Waals surface area (Å²) in [7, 11) is 0. The summed E-state index contributed by atoms with van der Waals surface area (Å²) in [6, 6.07) is 15.2. The van der Waals surface area contributed by atoms with E-state index in [4.69, 9.17) is 0 Å². The molecular weight excluding hydrogens is 348 g/mol. The van der Waals surface area contributed by atoms with Crippen molar-refractivity contribution >= 4 is 16.8 Å². The highest BCUT2D eigenvalue weighted by Crippen LogP contribution is 2.24. The first-order chi connectivity index (χ1) is 13.7. The van der Waals surface area contributed by atoms with E-state index in [1.807, 2.05) is 6.20 Å². The van der Waals surface area contributed by atoms with E-state index in [1.165, 1.54) is 29.4 Å². The third-order valence-electron chi connectivity index (χ3n) is 5.57. The molecule has 1 fully saturated rings. The summed E-state index contributed by atoms with van der Waals surface area (Å²) in [5, 5.41) is 11.2. The van der Waals surface area contributed by atoms with Crippen LogP contribution in [0.4, 0.5) is 0 Å². The minimum Gasteiger partial charge on any atom is -0.352 e. The number of hydrogen-bond acceptors (Lipinski definition) is 3. The molecule has 28 heavy (non-hydrogen) atoms. The summed E-state index contributed by atoms with van der Waals surface area (Å²) in [6.07, 6.45) is 5.58. The van der Waals surface area contributed by atoms with Crippen LogP contribution in [0.3, 0.4) is 0 Å². The highest BCUT2D eigenvalue weighted by Gasteiger charge is 2.20. The predicted molar refractivity (Wildman–Crippen MR) is 112 cm³/mol. The van der Waals surface area contributed by atoms with Crippen LogP contribution >= 0.6 is 0 Å². The Morgan fingerprint density at radius 2 is 2.11 bits per heavy atom. The lowest BCUT2D eigenvalue weighted by molar-refractivity contribution is -0.119. The molecule has 5 heteroatoms. The van der Waals surface area contributed by atoms with Gasteiger partial charge in [0.2, 0.25) is 5.91 Å². The maximum absolute atomic E-state index is 11.1. The van der Waals surface area contributed by atoms with E-state index in [9.17, 15) is 4.79 Å². The number of H-pyrrole nitrogens is 1. The van der Waals surface area contributed by atoms with Crippen molar-refractivity contribution in [1.29, 1.82) is 0 Å². The number of benzene rings is 2. The monoisotopic (exact) mass is 376 g/mol. The van der Waals surface area contributed by atoms with E-state index in [0.717, 1.165) is 37.1 Å². The number of rotatable bonds is 6. The number of hydrogen-bond donors (Lipinski definition) is 2. The number of amides is 1. The van der Waals surface area contributed by atoms with Gasteiger partial charge in [-0.3, -0.25) is 14.8 Å². The molecule has 146 valence electrons. The van der Waals surface area contributed by atoms with E-state index in [-0.39, 0.29) is 5.91 Å². The molecule has 2 heterocycles. The number of piperidine rings is 1. The maximum atomic E-state index is 11.1. The topological polar surface area (TPSA) is 61.0 Å². The molecule has 5 nitrogen and oxygen atoms in total. The molecule has 3 aromatic rings. The van der Waals surface area contributed by atoms with Crippen molar-refractivity contribution < 1.29 is 4.79 Å². The van der Waals surface area contributed by atoms with Gasteiger partial charge >= 0.3 is 0 Å². The fourth-order valence-electron chi connectivity index (χ4n) is 4.24. The van der Waals surface area contributed by atoms with Gasteiger partial charge in [-0.15, -0.1) is 0 Å². The molecule has 0 saturated carbocycles. The van der Waals surface area contributed by atoms with Gasteiger partial charge in [-0.1, -0.05) is 30.3 Å². The molecule has 1 amide bonds. The smallest absolute Gasteiger partial charge is 0.217 e. The van der Waals surface area contributed by atoms with Crippen molar-refractivity contribution in [2.24, 2.45) is 5.92 Å². The summed E-state index contributed by atoms with van der Waals surface area (Å²) in [5.41, 5.74) is 4.99. The van der Waals surface area contributed by atoms with Crippen molar-refractivity contribution in [3.63, 3.8) is 0 Å². The van der Waals surface area contributed by atoms with E-state index in [1.54, 1.807) is 6.92 Å². The predicted octanol–water partition coefficient (Wildman–Crippen LogP) is 3.65. The average Bonchev–Trinajstić information content (AvgIpc) is 3.15. The van der Waals surface area contributed by atoms with Crippen LogP contribution in [0.2, 0.25) is 0 Å². The minimum atomic E-state index is 0.0119. The molecule has 0 spiro atoms. The van der Waals surface area contributed by atoms with Crippen LogP contribution in [0.5, 0.6) is 0 Å². The third kappa shape index (κ3) is 4.78. The van der Waals surface area contributed by atoms with Gasteiger partial charge in [-0.2, -0.15) is 5.10 Å². The van der Waals surface area contributed by atoms with Gasteiger partial charge in [0.05, 0.1) is 11.7 Å². The Morgan fingerprint density at radius 1 is 1.21 bits per heavy atom. The molecule has 4 rings (SSSR count). The zero-order valence-corrected chi connectivity index (χ0v) is 16.4. The van der Waals surface area contributed by atoms with Gasteiger partial charge in [0.15, 0.2) is 0 Å². The summed E-state index contributed by atoms with van der Waals surface area (Å²) in [5.74, 6) is 0.707. The van der Waals surface area contributed by atoms with E-state index < -0.39 is 0 Å². The SMILES string of the molecule is CC(=O)NCc1cccc(CN2CCC[C@@H](Cc3ccc4[nH]ncc4c3)C2)c1. The Morgan fingerprint density at radius 3 is 3.00 bits per heavy atom. The highest BCUT2D eigenvalue weighted by atomic mass is 16.1. The van der Waals surface area contributed by atoms with Crippen LogP contribution in [0.15, 0.2) is 48.7 Å². The van der Waals surface area contributed by atoms with Crippen LogP contribution in [0, 0.1) is 5.92 Å². The van der Waals surface area contributed by atoms with E-state index in [2.05, 4.69) is 62.9 Å². The Bertz CT molecular complexity index is 948. The number of nitrogens with one attached hydrogen (secondary N) is 2. The first-order valence-electron chi connectivity index (χ1n) is 10.1. The molecule has 1 saturated heterocycles. The van der Waals surface area contributed by atoms with Crippen molar-refractivity contribution in [2.75, 3.05) is 13.1 Å². The fourth-order valence-corrected chi connectivity index (χ4v) is 4.24. The lowest BCUT2D eigenvalue weighted by Gasteiger charge is -2.33. The molecule has 1 aromatic heterocycles. The van der Waals surface area contributed by atoms with Gasteiger partial charge < -0.3 is 5.32 Å². The Kier molecular flexibility index (Phi) is 5.72. The number of aromatic nitrogens is 2. The van der Waals surface area contributed by atoms with Gasteiger partial charge in [-0.25, -0.2) is 0 Å². The summed E-state index contributed by atoms with van der Waals surface area (Å²) in [4.78, 5) is 13.7. The lowest BCUT2D eigenvalue weighted by atomic mass is 9.90. The van der Waals surface area contributed by atoms with Crippen LogP contribution in [-0.4, -0.2) is 34.1 Å². The number of nitrogens with zero attached hydrogens (tertiary/aromatic N) is 2. The summed E-state index contributed by atoms with van der Waals surface area (Å²) >= 11 is 0. The Hall–Kier alpha value is -2.66. The van der Waals surface area contributed by atoms with E-state index >= 15 is 0 Å². The van der Waals surface area contributed by atoms with Crippen molar-refractivity contribution in [1.82, 2.24) is 20.4 Å². The second-order valence-electron chi connectivity index (χ2n) is 7.97.